The maximum Gasteiger partial charge on any atom is 0.0824 e. The molecule has 1 aromatic rings. The second-order valence-corrected chi connectivity index (χ2v) is 6.14. The molecular formula is C19H29NO. The SMILES string of the molecule is CCCCN(CCCC)c1ccc(C2C=CC2O)cc1C. The van der Waals surface area contributed by atoms with Gasteiger partial charge in [-0.1, -0.05) is 51.0 Å². The first-order chi connectivity index (χ1) is 10.2. The van der Waals surface area contributed by atoms with Crippen LogP contribution in [-0.2, 0) is 0 Å². The van der Waals surface area contributed by atoms with E-state index >= 15 is 0 Å². The van der Waals surface area contributed by atoms with Crippen molar-refractivity contribution < 1.29 is 5.11 Å². The summed E-state index contributed by atoms with van der Waals surface area (Å²) in [6.45, 7) is 8.97. The molecule has 1 aliphatic carbocycles. The summed E-state index contributed by atoms with van der Waals surface area (Å²) in [6.07, 6.45) is 8.61. The molecule has 1 aromatic carbocycles. The molecule has 21 heavy (non-hydrogen) atoms. The predicted molar refractivity (Wildman–Crippen MR) is 91.1 cm³/mol. The van der Waals surface area contributed by atoms with Gasteiger partial charge < -0.3 is 10.0 Å². The van der Waals surface area contributed by atoms with Crippen molar-refractivity contribution in [3.05, 3.63) is 41.5 Å². The van der Waals surface area contributed by atoms with E-state index in [4.69, 9.17) is 0 Å². The van der Waals surface area contributed by atoms with Crippen LogP contribution >= 0.6 is 0 Å². The Kier molecular flexibility index (Phi) is 5.86. The number of anilines is 1. The summed E-state index contributed by atoms with van der Waals surface area (Å²) in [5.74, 6) is 0.192. The smallest absolute Gasteiger partial charge is 0.0824 e. The third-order valence-electron chi connectivity index (χ3n) is 4.39. The van der Waals surface area contributed by atoms with Gasteiger partial charge in [0.05, 0.1) is 6.10 Å². The Morgan fingerprint density at radius 3 is 2.14 bits per heavy atom. The zero-order valence-corrected chi connectivity index (χ0v) is 13.7. The monoisotopic (exact) mass is 287 g/mol. The summed E-state index contributed by atoms with van der Waals surface area (Å²) in [4.78, 5) is 2.53. The van der Waals surface area contributed by atoms with Crippen molar-refractivity contribution in [1.82, 2.24) is 0 Å². The molecule has 0 saturated carbocycles. The van der Waals surface area contributed by atoms with Crippen molar-refractivity contribution in [3.63, 3.8) is 0 Å². The molecule has 2 nitrogen and oxygen atoms in total. The molecule has 1 aliphatic rings. The lowest BCUT2D eigenvalue weighted by atomic mass is 9.84. The van der Waals surface area contributed by atoms with Crippen LogP contribution in [0.3, 0.4) is 0 Å². The highest BCUT2D eigenvalue weighted by molar-refractivity contribution is 5.55. The summed E-state index contributed by atoms with van der Waals surface area (Å²) in [5.41, 5.74) is 3.92. The summed E-state index contributed by atoms with van der Waals surface area (Å²) >= 11 is 0. The fourth-order valence-corrected chi connectivity index (χ4v) is 2.92. The van der Waals surface area contributed by atoms with Crippen molar-refractivity contribution in [3.8, 4) is 0 Å². The number of hydrogen-bond donors (Lipinski definition) is 1. The first-order valence-electron chi connectivity index (χ1n) is 8.39. The first-order valence-corrected chi connectivity index (χ1v) is 8.39. The second kappa shape index (κ2) is 7.65. The number of nitrogens with zero attached hydrogens (tertiary/aromatic N) is 1. The van der Waals surface area contributed by atoms with E-state index in [-0.39, 0.29) is 12.0 Å². The van der Waals surface area contributed by atoms with Crippen molar-refractivity contribution in [2.45, 2.75) is 58.5 Å². The minimum Gasteiger partial charge on any atom is -0.388 e. The topological polar surface area (TPSA) is 23.5 Å². The largest absolute Gasteiger partial charge is 0.388 e. The molecule has 0 aliphatic heterocycles. The van der Waals surface area contributed by atoms with Crippen LogP contribution in [-0.4, -0.2) is 24.3 Å². The summed E-state index contributed by atoms with van der Waals surface area (Å²) < 4.78 is 0. The van der Waals surface area contributed by atoms with Crippen LogP contribution in [0.25, 0.3) is 0 Å². The van der Waals surface area contributed by atoms with Gasteiger partial charge in [0, 0.05) is 24.7 Å². The third kappa shape index (κ3) is 3.88. The molecule has 1 N–H and O–H groups in total. The molecule has 2 heteroatoms. The van der Waals surface area contributed by atoms with Crippen LogP contribution in [0.4, 0.5) is 5.69 Å². The lowest BCUT2D eigenvalue weighted by molar-refractivity contribution is 0.188. The zero-order chi connectivity index (χ0) is 15.2. The molecule has 2 atom stereocenters. The highest BCUT2D eigenvalue weighted by Gasteiger charge is 2.23. The normalized spacial score (nSPS) is 20.4. The highest BCUT2D eigenvalue weighted by atomic mass is 16.3. The van der Waals surface area contributed by atoms with E-state index in [0.29, 0.717) is 0 Å². The Morgan fingerprint density at radius 2 is 1.71 bits per heavy atom. The Balaban J connectivity index is 2.14. The van der Waals surface area contributed by atoms with Gasteiger partial charge in [-0.15, -0.1) is 0 Å². The molecular weight excluding hydrogens is 258 g/mol. The lowest BCUT2D eigenvalue weighted by Gasteiger charge is -2.29. The van der Waals surface area contributed by atoms with E-state index in [0.717, 1.165) is 13.1 Å². The van der Waals surface area contributed by atoms with Gasteiger partial charge in [0.25, 0.3) is 0 Å². The maximum atomic E-state index is 9.77. The van der Waals surface area contributed by atoms with Crippen LogP contribution in [0, 0.1) is 6.92 Å². The quantitative estimate of drug-likeness (QED) is 0.716. The molecule has 0 fully saturated rings. The van der Waals surface area contributed by atoms with Gasteiger partial charge in [0.2, 0.25) is 0 Å². The van der Waals surface area contributed by atoms with Gasteiger partial charge in [0.1, 0.15) is 0 Å². The van der Waals surface area contributed by atoms with E-state index in [1.165, 1.54) is 42.5 Å². The fourth-order valence-electron chi connectivity index (χ4n) is 2.92. The third-order valence-corrected chi connectivity index (χ3v) is 4.39. The molecule has 0 radical (unpaired) electrons. The first kappa shape index (κ1) is 16.1. The van der Waals surface area contributed by atoms with Crippen LogP contribution in [0.1, 0.15) is 56.6 Å². The minimum absolute atomic E-state index is 0.192. The highest BCUT2D eigenvalue weighted by Crippen LogP contribution is 2.32. The number of aryl methyl sites for hydroxylation is 1. The number of rotatable bonds is 8. The Bertz CT molecular complexity index is 472. The minimum atomic E-state index is -0.300. The van der Waals surface area contributed by atoms with Crippen molar-refractivity contribution in [1.29, 1.82) is 0 Å². The molecule has 0 saturated heterocycles. The van der Waals surface area contributed by atoms with Crippen molar-refractivity contribution >= 4 is 5.69 Å². The second-order valence-electron chi connectivity index (χ2n) is 6.14. The van der Waals surface area contributed by atoms with E-state index in [1.807, 2.05) is 6.08 Å². The number of aliphatic hydroxyl groups is 1. The molecule has 2 rings (SSSR count). The Labute approximate surface area is 129 Å². The fraction of sp³-hybridized carbons (Fsp3) is 0.579. The van der Waals surface area contributed by atoms with Crippen LogP contribution in [0.5, 0.6) is 0 Å². The van der Waals surface area contributed by atoms with Gasteiger partial charge >= 0.3 is 0 Å². The number of unbranched alkanes of at least 4 members (excludes halogenated alkanes) is 2. The van der Waals surface area contributed by atoms with Gasteiger partial charge in [-0.25, -0.2) is 0 Å². The van der Waals surface area contributed by atoms with Crippen LogP contribution < -0.4 is 4.90 Å². The standard InChI is InChI=1S/C19H29NO/c1-4-6-12-20(13-7-5-2)18-10-8-16(14-15(18)3)17-9-11-19(17)21/h8-11,14,17,19,21H,4-7,12-13H2,1-3H3. The average Bonchev–Trinajstić information content (AvgIpc) is 2.47. The van der Waals surface area contributed by atoms with E-state index in [1.54, 1.807) is 0 Å². The lowest BCUT2D eigenvalue weighted by Crippen LogP contribution is -2.27. The summed E-state index contributed by atoms with van der Waals surface area (Å²) in [6, 6.07) is 6.68. The van der Waals surface area contributed by atoms with Gasteiger partial charge in [-0.05, 0) is 37.0 Å². The van der Waals surface area contributed by atoms with Gasteiger partial charge in [0.15, 0.2) is 0 Å². The Hall–Kier alpha value is -1.28. The number of aliphatic hydroxyl groups excluding tert-OH is 1. The number of benzene rings is 1. The maximum absolute atomic E-state index is 9.77. The molecule has 0 bridgehead atoms. The molecule has 0 aromatic heterocycles. The van der Waals surface area contributed by atoms with Crippen LogP contribution in [0.15, 0.2) is 30.4 Å². The summed E-state index contributed by atoms with van der Waals surface area (Å²) in [5, 5.41) is 9.77. The molecule has 0 amide bonds. The van der Waals surface area contributed by atoms with Crippen molar-refractivity contribution in [2.75, 3.05) is 18.0 Å². The van der Waals surface area contributed by atoms with Crippen LogP contribution in [0.2, 0.25) is 0 Å². The molecule has 0 heterocycles. The Morgan fingerprint density at radius 1 is 1.05 bits per heavy atom. The molecule has 116 valence electrons. The number of hydrogen-bond acceptors (Lipinski definition) is 2. The molecule has 2 unspecified atom stereocenters. The zero-order valence-electron chi connectivity index (χ0n) is 13.7. The van der Waals surface area contributed by atoms with Crippen molar-refractivity contribution in [2.24, 2.45) is 0 Å². The predicted octanol–water partition coefficient (Wildman–Crippen LogP) is 4.42. The van der Waals surface area contributed by atoms with Gasteiger partial charge in [-0.2, -0.15) is 0 Å². The van der Waals surface area contributed by atoms with E-state index in [2.05, 4.69) is 49.9 Å². The average molecular weight is 287 g/mol. The molecule has 0 spiro atoms. The van der Waals surface area contributed by atoms with Gasteiger partial charge in [-0.3, -0.25) is 0 Å². The summed E-state index contributed by atoms with van der Waals surface area (Å²) in [7, 11) is 0. The van der Waals surface area contributed by atoms with E-state index in [9.17, 15) is 5.11 Å². The van der Waals surface area contributed by atoms with E-state index < -0.39 is 0 Å².